The quantitative estimate of drug-likeness (QED) is 0.815. The van der Waals surface area contributed by atoms with Gasteiger partial charge in [0, 0.05) is 13.1 Å². The highest BCUT2D eigenvalue weighted by Gasteiger charge is 2.40. The first-order chi connectivity index (χ1) is 9.48. The Hall–Kier alpha value is -2.05. The van der Waals surface area contributed by atoms with E-state index in [2.05, 4.69) is 9.97 Å². The van der Waals surface area contributed by atoms with Gasteiger partial charge in [-0.1, -0.05) is 6.92 Å². The van der Waals surface area contributed by atoms with Gasteiger partial charge in [-0.25, -0.2) is 4.98 Å². The van der Waals surface area contributed by atoms with E-state index in [4.69, 9.17) is 16.2 Å². The molecule has 1 atom stereocenters. The van der Waals surface area contributed by atoms with Crippen LogP contribution in [0.5, 0.6) is 5.88 Å². The van der Waals surface area contributed by atoms with Crippen LogP contribution in [0.3, 0.4) is 0 Å². The van der Waals surface area contributed by atoms with Crippen molar-refractivity contribution in [2.45, 2.75) is 26.7 Å². The summed E-state index contributed by atoms with van der Waals surface area (Å²) in [5, 5.41) is 0. The van der Waals surface area contributed by atoms with Crippen LogP contribution in [-0.4, -0.2) is 35.6 Å². The van der Waals surface area contributed by atoms with Gasteiger partial charge < -0.3 is 21.1 Å². The molecule has 7 heteroatoms. The maximum atomic E-state index is 11.5. The first-order valence-electron chi connectivity index (χ1n) is 6.76. The third-order valence-electron chi connectivity index (χ3n) is 3.64. The number of amides is 1. The number of carbonyl (C=O) groups is 1. The summed E-state index contributed by atoms with van der Waals surface area (Å²) in [7, 11) is 0. The van der Waals surface area contributed by atoms with Crippen molar-refractivity contribution in [2.75, 3.05) is 30.3 Å². The number of carbonyl (C=O) groups excluding carboxylic acids is 1. The molecule has 0 spiro atoms. The van der Waals surface area contributed by atoms with Crippen molar-refractivity contribution in [3.63, 3.8) is 0 Å². The summed E-state index contributed by atoms with van der Waals surface area (Å²) < 4.78 is 5.49. The summed E-state index contributed by atoms with van der Waals surface area (Å²) in [6, 6.07) is 0. The summed E-state index contributed by atoms with van der Waals surface area (Å²) in [6.45, 7) is 5.63. The zero-order chi connectivity index (χ0) is 14.8. The Kier molecular flexibility index (Phi) is 3.96. The van der Waals surface area contributed by atoms with E-state index in [9.17, 15) is 4.79 Å². The molecule has 2 heterocycles. The van der Waals surface area contributed by atoms with Gasteiger partial charge in [0.05, 0.1) is 12.0 Å². The third kappa shape index (κ3) is 2.61. The number of nitrogens with two attached hydrogens (primary N) is 2. The van der Waals surface area contributed by atoms with Crippen LogP contribution in [0.15, 0.2) is 6.33 Å². The molecule has 1 aliphatic heterocycles. The highest BCUT2D eigenvalue weighted by molar-refractivity contribution is 5.82. The molecule has 20 heavy (non-hydrogen) atoms. The summed E-state index contributed by atoms with van der Waals surface area (Å²) in [4.78, 5) is 21.7. The largest absolute Gasteiger partial charge is 0.476 e. The van der Waals surface area contributed by atoms with E-state index >= 15 is 0 Å². The monoisotopic (exact) mass is 279 g/mol. The average Bonchev–Trinajstić information content (AvgIpc) is 2.81. The number of anilines is 2. The Morgan fingerprint density at radius 3 is 2.90 bits per heavy atom. The normalized spacial score (nSPS) is 22.0. The molecule has 1 saturated heterocycles. The Balaban J connectivity index is 2.20. The highest BCUT2D eigenvalue weighted by atomic mass is 16.5. The minimum absolute atomic E-state index is 0.296. The second-order valence-electron chi connectivity index (χ2n) is 5.36. The van der Waals surface area contributed by atoms with Gasteiger partial charge in [-0.05, 0) is 19.8 Å². The molecule has 4 N–H and O–H groups in total. The fraction of sp³-hybridized carbons (Fsp3) is 0.615. The van der Waals surface area contributed by atoms with E-state index in [0.29, 0.717) is 43.5 Å². The van der Waals surface area contributed by atoms with Crippen LogP contribution in [0.1, 0.15) is 26.7 Å². The first kappa shape index (κ1) is 14.4. The molecule has 1 amide bonds. The lowest BCUT2D eigenvalue weighted by atomic mass is 9.89. The molecule has 1 aromatic heterocycles. The molecule has 0 aliphatic carbocycles. The molecule has 1 aliphatic rings. The standard InChI is InChI=1S/C13H21N5O2/c1-3-6-20-11-9(14)10(16-8-17-11)18-5-4-13(2,7-18)12(15)19/h8H,3-7,14H2,1-2H3,(H2,15,19). The number of hydrogen-bond acceptors (Lipinski definition) is 6. The molecule has 110 valence electrons. The second kappa shape index (κ2) is 5.52. The maximum Gasteiger partial charge on any atom is 0.242 e. The topological polar surface area (TPSA) is 107 Å². The molecular weight excluding hydrogens is 258 g/mol. The van der Waals surface area contributed by atoms with E-state index in [1.165, 1.54) is 6.33 Å². The number of ether oxygens (including phenoxy) is 1. The van der Waals surface area contributed by atoms with Crippen molar-refractivity contribution >= 4 is 17.4 Å². The maximum absolute atomic E-state index is 11.5. The van der Waals surface area contributed by atoms with E-state index < -0.39 is 5.41 Å². The van der Waals surface area contributed by atoms with Gasteiger partial charge in [-0.3, -0.25) is 4.79 Å². The summed E-state index contributed by atoms with van der Waals surface area (Å²) in [5.74, 6) is 0.704. The Morgan fingerprint density at radius 1 is 1.55 bits per heavy atom. The number of nitrogens with zero attached hydrogens (tertiary/aromatic N) is 3. The number of rotatable bonds is 5. The van der Waals surface area contributed by atoms with Crippen molar-refractivity contribution in [1.82, 2.24) is 9.97 Å². The Bertz CT molecular complexity index is 508. The van der Waals surface area contributed by atoms with E-state index in [0.717, 1.165) is 6.42 Å². The molecule has 0 aromatic carbocycles. The minimum Gasteiger partial charge on any atom is -0.476 e. The number of nitrogen functional groups attached to an aromatic ring is 1. The van der Waals surface area contributed by atoms with Crippen molar-refractivity contribution in [3.05, 3.63) is 6.33 Å². The van der Waals surface area contributed by atoms with Crippen molar-refractivity contribution in [3.8, 4) is 5.88 Å². The van der Waals surface area contributed by atoms with Gasteiger partial charge in [0.1, 0.15) is 12.0 Å². The zero-order valence-corrected chi connectivity index (χ0v) is 11.9. The fourth-order valence-corrected chi connectivity index (χ4v) is 2.28. The predicted octanol–water partition coefficient (Wildman–Crippen LogP) is 0.549. The van der Waals surface area contributed by atoms with Gasteiger partial charge in [0.25, 0.3) is 0 Å². The molecule has 1 aromatic rings. The highest BCUT2D eigenvalue weighted by Crippen LogP contribution is 2.36. The molecule has 0 radical (unpaired) electrons. The SMILES string of the molecule is CCCOc1ncnc(N2CCC(C)(C(N)=O)C2)c1N. The molecule has 2 rings (SSSR count). The van der Waals surface area contributed by atoms with Gasteiger partial charge >= 0.3 is 0 Å². The summed E-state index contributed by atoms with van der Waals surface area (Å²) in [6.07, 6.45) is 3.00. The molecular formula is C13H21N5O2. The van der Waals surface area contributed by atoms with Crippen LogP contribution >= 0.6 is 0 Å². The van der Waals surface area contributed by atoms with Crippen LogP contribution in [0, 0.1) is 5.41 Å². The molecule has 0 saturated carbocycles. The molecule has 0 bridgehead atoms. The van der Waals surface area contributed by atoms with Crippen molar-refractivity contribution in [1.29, 1.82) is 0 Å². The van der Waals surface area contributed by atoms with Gasteiger partial charge in [0.2, 0.25) is 11.8 Å². The summed E-state index contributed by atoms with van der Waals surface area (Å²) >= 11 is 0. The van der Waals surface area contributed by atoms with Crippen LogP contribution in [0.4, 0.5) is 11.5 Å². The number of hydrogen-bond donors (Lipinski definition) is 2. The van der Waals surface area contributed by atoms with Crippen molar-refractivity contribution < 1.29 is 9.53 Å². The van der Waals surface area contributed by atoms with Gasteiger partial charge in [0.15, 0.2) is 5.82 Å². The van der Waals surface area contributed by atoms with Crippen LogP contribution in [0.2, 0.25) is 0 Å². The predicted molar refractivity (Wildman–Crippen MR) is 76.4 cm³/mol. The van der Waals surface area contributed by atoms with Crippen molar-refractivity contribution in [2.24, 2.45) is 11.1 Å². The average molecular weight is 279 g/mol. The smallest absolute Gasteiger partial charge is 0.242 e. The van der Waals surface area contributed by atoms with E-state index in [-0.39, 0.29) is 5.91 Å². The van der Waals surface area contributed by atoms with Crippen LogP contribution in [0.25, 0.3) is 0 Å². The zero-order valence-electron chi connectivity index (χ0n) is 11.9. The number of aromatic nitrogens is 2. The van der Waals surface area contributed by atoms with Gasteiger partial charge in [-0.15, -0.1) is 0 Å². The fourth-order valence-electron chi connectivity index (χ4n) is 2.28. The lowest BCUT2D eigenvalue weighted by Gasteiger charge is -2.23. The minimum atomic E-state index is -0.540. The number of primary amides is 1. The van der Waals surface area contributed by atoms with Crippen LogP contribution < -0.4 is 21.1 Å². The van der Waals surface area contributed by atoms with E-state index in [1.54, 1.807) is 0 Å². The Morgan fingerprint density at radius 2 is 2.30 bits per heavy atom. The molecule has 1 unspecified atom stereocenters. The second-order valence-corrected chi connectivity index (χ2v) is 5.36. The molecule has 7 nitrogen and oxygen atoms in total. The van der Waals surface area contributed by atoms with E-state index in [1.807, 2.05) is 18.7 Å². The first-order valence-corrected chi connectivity index (χ1v) is 6.76. The lowest BCUT2D eigenvalue weighted by molar-refractivity contribution is -0.125. The Labute approximate surface area is 118 Å². The van der Waals surface area contributed by atoms with Gasteiger partial charge in [-0.2, -0.15) is 4.98 Å². The lowest BCUT2D eigenvalue weighted by Crippen LogP contribution is -2.37. The summed E-state index contributed by atoms with van der Waals surface area (Å²) in [5.41, 5.74) is 11.4. The third-order valence-corrected chi connectivity index (χ3v) is 3.64. The van der Waals surface area contributed by atoms with Crippen LogP contribution in [-0.2, 0) is 4.79 Å². The molecule has 1 fully saturated rings.